The van der Waals surface area contributed by atoms with E-state index in [0.29, 0.717) is 44.0 Å². The maximum Gasteiger partial charge on any atom is 0.243 e. The van der Waals surface area contributed by atoms with Crippen LogP contribution < -0.4 is 5.32 Å². The first-order valence-electron chi connectivity index (χ1n) is 12.1. The van der Waals surface area contributed by atoms with E-state index in [9.17, 15) is 18.0 Å². The van der Waals surface area contributed by atoms with Gasteiger partial charge in [-0.3, -0.25) is 9.59 Å². The zero-order valence-electron chi connectivity index (χ0n) is 19.5. The highest BCUT2D eigenvalue weighted by Gasteiger charge is 2.37. The van der Waals surface area contributed by atoms with E-state index in [1.807, 2.05) is 0 Å². The Morgan fingerprint density at radius 2 is 1.70 bits per heavy atom. The molecule has 0 radical (unpaired) electrons. The van der Waals surface area contributed by atoms with Gasteiger partial charge in [0.05, 0.1) is 16.7 Å². The predicted molar refractivity (Wildman–Crippen MR) is 129 cm³/mol. The van der Waals surface area contributed by atoms with Crippen LogP contribution in [-0.2, 0) is 19.6 Å². The molecular weight excluding hydrogens is 462 g/mol. The number of halogens is 1. The van der Waals surface area contributed by atoms with Crippen LogP contribution in [0.15, 0.2) is 29.2 Å². The summed E-state index contributed by atoms with van der Waals surface area (Å²) in [6.07, 6.45) is 7.31. The number of unbranched alkanes of at least 4 members (excludes halogenated alkanes) is 3. The molecular formula is C24H36ClN3O4S. The first-order chi connectivity index (χ1) is 15.8. The number of nitrogens with zero attached hydrogens (tertiary/aromatic N) is 2. The molecule has 1 aromatic rings. The molecule has 7 nitrogen and oxygen atoms in total. The van der Waals surface area contributed by atoms with Gasteiger partial charge in [-0.1, -0.05) is 37.8 Å². The number of sulfonamides is 1. The standard InChI is InChI=1S/C24H36ClN3O4S/c1-2-3-4-5-14-26-23(29)19-8-6-15-27(17-19)24(30)20-9-7-16-28(18-20)33(31,32)22-12-10-21(25)11-13-22/h10-13,19-20H,2-9,14-18H2,1H3,(H,26,29). The molecule has 2 aliphatic heterocycles. The number of likely N-dealkylation sites (tertiary alicyclic amines) is 1. The fourth-order valence-electron chi connectivity index (χ4n) is 4.68. The Hall–Kier alpha value is -1.64. The van der Waals surface area contributed by atoms with Gasteiger partial charge in [-0.05, 0) is 56.4 Å². The van der Waals surface area contributed by atoms with E-state index in [4.69, 9.17) is 11.6 Å². The fraction of sp³-hybridized carbons (Fsp3) is 0.667. The third-order valence-electron chi connectivity index (χ3n) is 6.62. The first kappa shape index (κ1) is 26.0. The van der Waals surface area contributed by atoms with Gasteiger partial charge in [0.2, 0.25) is 21.8 Å². The van der Waals surface area contributed by atoms with E-state index in [2.05, 4.69) is 12.2 Å². The molecule has 1 aromatic carbocycles. The second-order valence-electron chi connectivity index (χ2n) is 9.13. The lowest BCUT2D eigenvalue weighted by molar-refractivity contribution is -0.140. The Bertz CT molecular complexity index is 907. The second kappa shape index (κ2) is 12.2. The molecule has 2 saturated heterocycles. The highest BCUT2D eigenvalue weighted by molar-refractivity contribution is 7.89. The number of carbonyl (C=O) groups is 2. The van der Waals surface area contributed by atoms with Gasteiger partial charge in [0.1, 0.15) is 0 Å². The monoisotopic (exact) mass is 497 g/mol. The van der Waals surface area contributed by atoms with Crippen LogP contribution in [-0.4, -0.2) is 62.2 Å². The molecule has 184 valence electrons. The van der Waals surface area contributed by atoms with Gasteiger partial charge in [0.25, 0.3) is 0 Å². The van der Waals surface area contributed by atoms with Crippen molar-refractivity contribution in [1.29, 1.82) is 0 Å². The van der Waals surface area contributed by atoms with Gasteiger partial charge in [0.15, 0.2) is 0 Å². The summed E-state index contributed by atoms with van der Waals surface area (Å²) in [5, 5.41) is 3.50. The Morgan fingerprint density at radius 3 is 2.42 bits per heavy atom. The lowest BCUT2D eigenvalue weighted by Crippen LogP contribution is -2.51. The molecule has 0 saturated carbocycles. The number of piperidine rings is 2. The van der Waals surface area contributed by atoms with E-state index in [1.165, 1.54) is 22.9 Å². The Kier molecular flexibility index (Phi) is 9.58. The number of hydrogen-bond acceptors (Lipinski definition) is 4. The van der Waals surface area contributed by atoms with Crippen molar-refractivity contribution < 1.29 is 18.0 Å². The number of benzene rings is 1. The Balaban J connectivity index is 1.56. The second-order valence-corrected chi connectivity index (χ2v) is 11.5. The minimum absolute atomic E-state index is 0.0274. The summed E-state index contributed by atoms with van der Waals surface area (Å²) in [5.41, 5.74) is 0. The van der Waals surface area contributed by atoms with Crippen LogP contribution in [0, 0.1) is 11.8 Å². The van der Waals surface area contributed by atoms with E-state index >= 15 is 0 Å². The first-order valence-corrected chi connectivity index (χ1v) is 14.0. The molecule has 0 bridgehead atoms. The number of amides is 2. The molecule has 2 fully saturated rings. The highest BCUT2D eigenvalue weighted by atomic mass is 35.5. The van der Waals surface area contributed by atoms with Crippen LogP contribution in [0.5, 0.6) is 0 Å². The normalized spacial score (nSPS) is 22.2. The third kappa shape index (κ3) is 6.93. The minimum atomic E-state index is -3.68. The molecule has 2 amide bonds. The largest absolute Gasteiger partial charge is 0.356 e. The van der Waals surface area contributed by atoms with Crippen LogP contribution in [0.25, 0.3) is 0 Å². The quantitative estimate of drug-likeness (QED) is 0.527. The number of carbonyl (C=O) groups excluding carboxylic acids is 2. The van der Waals surface area contributed by atoms with Crippen LogP contribution in [0.3, 0.4) is 0 Å². The summed E-state index contributed by atoms with van der Waals surface area (Å²) in [7, 11) is -3.68. The maximum absolute atomic E-state index is 13.3. The van der Waals surface area contributed by atoms with Gasteiger partial charge in [-0.15, -0.1) is 0 Å². The molecule has 9 heteroatoms. The SMILES string of the molecule is CCCCCCNC(=O)C1CCCN(C(=O)C2CCCN(S(=O)(=O)c3ccc(Cl)cc3)C2)C1. The zero-order valence-corrected chi connectivity index (χ0v) is 21.0. The van der Waals surface area contributed by atoms with Gasteiger partial charge in [-0.2, -0.15) is 4.31 Å². The molecule has 0 aromatic heterocycles. The molecule has 2 unspecified atom stereocenters. The van der Waals surface area contributed by atoms with Gasteiger partial charge >= 0.3 is 0 Å². The van der Waals surface area contributed by atoms with E-state index in [1.54, 1.807) is 17.0 Å². The summed E-state index contributed by atoms with van der Waals surface area (Å²) in [6.45, 7) is 4.46. The Morgan fingerprint density at radius 1 is 1.00 bits per heavy atom. The average molecular weight is 498 g/mol. The average Bonchev–Trinajstić information content (AvgIpc) is 2.83. The molecule has 3 rings (SSSR count). The molecule has 33 heavy (non-hydrogen) atoms. The molecule has 2 aliphatic rings. The van der Waals surface area contributed by atoms with Crippen molar-refractivity contribution >= 4 is 33.4 Å². The fourth-order valence-corrected chi connectivity index (χ4v) is 6.32. The molecule has 2 heterocycles. The van der Waals surface area contributed by atoms with Crippen molar-refractivity contribution in [3.8, 4) is 0 Å². The Labute approximate surface area is 202 Å². The molecule has 1 N–H and O–H groups in total. The number of rotatable bonds is 9. The van der Waals surface area contributed by atoms with Crippen molar-refractivity contribution in [2.24, 2.45) is 11.8 Å². The number of nitrogens with one attached hydrogen (secondary N) is 1. The highest BCUT2D eigenvalue weighted by Crippen LogP contribution is 2.27. The summed E-state index contributed by atoms with van der Waals surface area (Å²) < 4.78 is 27.5. The lowest BCUT2D eigenvalue weighted by atomic mass is 9.93. The molecule has 2 atom stereocenters. The maximum atomic E-state index is 13.3. The van der Waals surface area contributed by atoms with E-state index < -0.39 is 10.0 Å². The van der Waals surface area contributed by atoms with Crippen LogP contribution >= 0.6 is 11.6 Å². The van der Waals surface area contributed by atoms with Crippen molar-refractivity contribution in [2.75, 3.05) is 32.7 Å². The summed E-state index contributed by atoms with van der Waals surface area (Å²) in [6, 6.07) is 6.12. The smallest absolute Gasteiger partial charge is 0.243 e. The summed E-state index contributed by atoms with van der Waals surface area (Å²) >= 11 is 5.89. The molecule has 0 aliphatic carbocycles. The van der Waals surface area contributed by atoms with E-state index in [-0.39, 0.29) is 35.1 Å². The van der Waals surface area contributed by atoms with Crippen LogP contribution in [0.4, 0.5) is 0 Å². The van der Waals surface area contributed by atoms with Crippen LogP contribution in [0.1, 0.15) is 58.3 Å². The lowest BCUT2D eigenvalue weighted by Gasteiger charge is -2.37. The van der Waals surface area contributed by atoms with Crippen molar-refractivity contribution in [2.45, 2.75) is 63.2 Å². The van der Waals surface area contributed by atoms with Gasteiger partial charge in [0, 0.05) is 37.7 Å². The van der Waals surface area contributed by atoms with Gasteiger partial charge < -0.3 is 10.2 Å². The van der Waals surface area contributed by atoms with E-state index in [0.717, 1.165) is 32.1 Å². The van der Waals surface area contributed by atoms with Crippen molar-refractivity contribution in [1.82, 2.24) is 14.5 Å². The summed E-state index contributed by atoms with van der Waals surface area (Å²) in [4.78, 5) is 27.8. The minimum Gasteiger partial charge on any atom is -0.356 e. The molecule has 0 spiro atoms. The third-order valence-corrected chi connectivity index (χ3v) is 8.75. The van der Waals surface area contributed by atoms with Crippen LogP contribution in [0.2, 0.25) is 5.02 Å². The van der Waals surface area contributed by atoms with Crippen molar-refractivity contribution in [3.05, 3.63) is 29.3 Å². The van der Waals surface area contributed by atoms with Gasteiger partial charge in [-0.25, -0.2) is 8.42 Å². The number of hydrogen-bond donors (Lipinski definition) is 1. The van der Waals surface area contributed by atoms with Crippen molar-refractivity contribution in [3.63, 3.8) is 0 Å². The zero-order chi connectivity index (χ0) is 23.8. The predicted octanol–water partition coefficient (Wildman–Crippen LogP) is 3.68. The summed E-state index contributed by atoms with van der Waals surface area (Å²) in [5.74, 6) is -0.575. The topological polar surface area (TPSA) is 86.8 Å².